The number of benzene rings is 1. The normalized spacial score (nSPS) is 14.9. The number of ether oxygens (including phenoxy) is 1. The van der Waals surface area contributed by atoms with Crippen molar-refractivity contribution in [2.45, 2.75) is 36.3 Å². The number of carbonyl (C=O) groups excluding carboxylic acids is 1. The summed E-state index contributed by atoms with van der Waals surface area (Å²) < 4.78 is 29.4. The predicted octanol–water partition coefficient (Wildman–Crippen LogP) is 2.34. The molecule has 0 unspecified atom stereocenters. The zero-order valence-electron chi connectivity index (χ0n) is 15.7. The van der Waals surface area contributed by atoms with Crippen LogP contribution in [0.2, 0.25) is 0 Å². The van der Waals surface area contributed by atoms with Crippen molar-refractivity contribution in [2.24, 2.45) is 0 Å². The summed E-state index contributed by atoms with van der Waals surface area (Å²) in [5, 5.41) is 5.81. The number of carbonyl (C=O) groups is 1. The Balaban J connectivity index is 0.000000321. The first-order valence-electron chi connectivity index (χ1n) is 8.57. The average molecular weight is 412 g/mol. The van der Waals surface area contributed by atoms with E-state index in [0.717, 1.165) is 31.3 Å². The molecule has 0 atom stereocenters. The van der Waals surface area contributed by atoms with E-state index in [1.54, 1.807) is 35.7 Å². The van der Waals surface area contributed by atoms with Crippen LogP contribution in [0, 0.1) is 0 Å². The van der Waals surface area contributed by atoms with E-state index in [2.05, 4.69) is 19.9 Å². The molecule has 9 heteroatoms. The van der Waals surface area contributed by atoms with E-state index < -0.39 is 9.84 Å². The van der Waals surface area contributed by atoms with Crippen molar-refractivity contribution in [3.63, 3.8) is 0 Å². The first-order valence-corrected chi connectivity index (χ1v) is 10.9. The minimum atomic E-state index is -3.50. The first-order chi connectivity index (χ1) is 12.7. The highest BCUT2D eigenvalue weighted by atomic mass is 32.2. The minimum absolute atomic E-state index is 0.141. The summed E-state index contributed by atoms with van der Waals surface area (Å²) in [6, 6.07) is 8.43. The zero-order valence-corrected chi connectivity index (χ0v) is 17.3. The Kier molecular flexibility index (Phi) is 7.34. The summed E-state index contributed by atoms with van der Waals surface area (Å²) in [7, 11) is -3.50. The van der Waals surface area contributed by atoms with Crippen LogP contribution in [0.3, 0.4) is 0 Å². The molecule has 0 radical (unpaired) electrons. The van der Waals surface area contributed by atoms with Gasteiger partial charge in [0.2, 0.25) is 9.84 Å². The summed E-state index contributed by atoms with van der Waals surface area (Å²) in [4.78, 5) is 16.3. The van der Waals surface area contributed by atoms with Crippen molar-refractivity contribution in [3.05, 3.63) is 35.7 Å². The Morgan fingerprint density at radius 3 is 2.33 bits per heavy atom. The highest BCUT2D eigenvalue weighted by molar-refractivity contribution is 7.91. The number of rotatable bonds is 4. The maximum absolute atomic E-state index is 12.4. The summed E-state index contributed by atoms with van der Waals surface area (Å²) in [5.74, 6) is 0. The van der Waals surface area contributed by atoms with Crippen LogP contribution >= 0.6 is 11.3 Å². The molecule has 0 saturated carbocycles. The van der Waals surface area contributed by atoms with Gasteiger partial charge in [0.15, 0.2) is 10.2 Å². The van der Waals surface area contributed by atoms with Crippen LogP contribution in [0.4, 0.5) is 5.13 Å². The number of piperazine rings is 1. The lowest BCUT2D eigenvalue weighted by Crippen LogP contribution is -2.43. The highest BCUT2D eigenvalue weighted by Crippen LogP contribution is 2.27. The van der Waals surface area contributed by atoms with E-state index in [4.69, 9.17) is 0 Å². The Hall–Kier alpha value is -1.97. The summed E-state index contributed by atoms with van der Waals surface area (Å²) in [6.45, 7) is 9.45. The third-order valence-corrected chi connectivity index (χ3v) is 6.29. The second-order valence-corrected chi connectivity index (χ2v) is 9.58. The third kappa shape index (κ3) is 6.30. The lowest BCUT2D eigenvalue weighted by atomic mass is 10.2. The smallest absolute Gasteiger partial charge is 0.293 e. The first kappa shape index (κ1) is 21.3. The molecule has 1 fully saturated rings. The van der Waals surface area contributed by atoms with Gasteiger partial charge in [-0.3, -0.25) is 4.79 Å². The van der Waals surface area contributed by atoms with Gasteiger partial charge in [-0.2, -0.15) is 0 Å². The van der Waals surface area contributed by atoms with E-state index >= 15 is 0 Å². The lowest BCUT2D eigenvalue weighted by molar-refractivity contribution is -0.138. The van der Waals surface area contributed by atoms with Gasteiger partial charge in [-0.15, -0.1) is 11.3 Å². The van der Waals surface area contributed by atoms with Gasteiger partial charge in [0.1, 0.15) is 5.60 Å². The molecule has 1 aliphatic heterocycles. The molecule has 0 spiro atoms. The fourth-order valence-electron chi connectivity index (χ4n) is 2.24. The molecular formula is C18H25N3O4S2. The largest absolute Gasteiger partial charge is 0.462 e. The maximum Gasteiger partial charge on any atom is 0.293 e. The van der Waals surface area contributed by atoms with Crippen LogP contribution in [0.25, 0.3) is 0 Å². The van der Waals surface area contributed by atoms with Crippen LogP contribution in [-0.4, -0.2) is 51.7 Å². The van der Waals surface area contributed by atoms with Gasteiger partial charge in [0.25, 0.3) is 6.47 Å². The van der Waals surface area contributed by atoms with Crippen LogP contribution in [0.15, 0.2) is 45.6 Å². The van der Waals surface area contributed by atoms with Crippen molar-refractivity contribution in [1.29, 1.82) is 0 Å². The second kappa shape index (κ2) is 9.29. The summed E-state index contributed by atoms with van der Waals surface area (Å²) in [5.41, 5.74) is -0.318. The molecule has 1 N–H and O–H groups in total. The quantitative estimate of drug-likeness (QED) is 0.773. The molecule has 0 bridgehead atoms. The van der Waals surface area contributed by atoms with Gasteiger partial charge in [0.05, 0.1) is 4.90 Å². The Labute approximate surface area is 164 Å². The number of hydrogen-bond donors (Lipinski definition) is 1. The van der Waals surface area contributed by atoms with Gasteiger partial charge >= 0.3 is 0 Å². The molecule has 1 aromatic heterocycles. The van der Waals surface area contributed by atoms with Crippen molar-refractivity contribution in [1.82, 2.24) is 10.3 Å². The van der Waals surface area contributed by atoms with Crippen molar-refractivity contribution in [3.8, 4) is 0 Å². The molecule has 2 heterocycles. The number of nitrogens with zero attached hydrogens (tertiary/aromatic N) is 2. The van der Waals surface area contributed by atoms with Crippen LogP contribution in [0.5, 0.6) is 0 Å². The van der Waals surface area contributed by atoms with Crippen molar-refractivity contribution in [2.75, 3.05) is 31.1 Å². The van der Waals surface area contributed by atoms with Gasteiger partial charge in [-0.25, -0.2) is 13.4 Å². The molecule has 3 rings (SSSR count). The van der Waals surface area contributed by atoms with E-state index in [1.807, 2.05) is 20.8 Å². The number of sulfone groups is 1. The maximum atomic E-state index is 12.4. The van der Waals surface area contributed by atoms with E-state index in [-0.39, 0.29) is 15.5 Å². The zero-order chi connectivity index (χ0) is 19.9. The molecule has 148 valence electrons. The SMILES string of the molecule is CC(C)(C)OC=O.O=S(=O)(c1ccccc1)c1csc(N2CCNCC2)n1. The number of aromatic nitrogens is 1. The second-order valence-electron chi connectivity index (χ2n) is 6.85. The van der Waals surface area contributed by atoms with Gasteiger partial charge < -0.3 is 15.0 Å². The summed E-state index contributed by atoms with van der Waals surface area (Å²) >= 11 is 1.39. The molecule has 0 amide bonds. The molecule has 7 nitrogen and oxygen atoms in total. The van der Waals surface area contributed by atoms with Gasteiger partial charge in [-0.1, -0.05) is 18.2 Å². The average Bonchev–Trinajstić information content (AvgIpc) is 3.14. The number of nitrogens with one attached hydrogen (secondary N) is 1. The van der Waals surface area contributed by atoms with Crippen LogP contribution in [-0.2, 0) is 19.4 Å². The van der Waals surface area contributed by atoms with Gasteiger partial charge in [0, 0.05) is 31.6 Å². The van der Waals surface area contributed by atoms with Gasteiger partial charge in [-0.05, 0) is 32.9 Å². The lowest BCUT2D eigenvalue weighted by Gasteiger charge is -2.26. The highest BCUT2D eigenvalue weighted by Gasteiger charge is 2.23. The fraction of sp³-hybridized carbons (Fsp3) is 0.444. The number of thiazole rings is 1. The summed E-state index contributed by atoms with van der Waals surface area (Å²) in [6.07, 6.45) is 0. The van der Waals surface area contributed by atoms with Crippen LogP contribution < -0.4 is 10.2 Å². The molecule has 27 heavy (non-hydrogen) atoms. The molecular weight excluding hydrogens is 386 g/mol. The molecule has 0 aliphatic carbocycles. The molecule has 2 aromatic rings. The number of anilines is 1. The van der Waals surface area contributed by atoms with E-state index in [1.165, 1.54) is 11.3 Å². The fourth-order valence-corrected chi connectivity index (χ4v) is 4.65. The Bertz CT molecular complexity index is 824. The third-order valence-electron chi connectivity index (χ3n) is 3.59. The standard InChI is InChI=1S/C13H15N3O2S2.C5H10O2/c17-20(18,11-4-2-1-3-5-11)12-10-19-13(15-12)16-8-6-14-7-9-16;1-5(2,3)7-4-6/h1-5,10,14H,6-9H2;4H,1-3H3. The predicted molar refractivity (Wildman–Crippen MR) is 106 cm³/mol. The van der Waals surface area contributed by atoms with E-state index in [9.17, 15) is 13.2 Å². The van der Waals surface area contributed by atoms with E-state index in [0.29, 0.717) is 6.47 Å². The minimum Gasteiger partial charge on any atom is -0.462 e. The molecule has 1 saturated heterocycles. The molecule has 1 aromatic carbocycles. The van der Waals surface area contributed by atoms with Crippen molar-refractivity contribution >= 4 is 32.8 Å². The Morgan fingerprint density at radius 1 is 1.19 bits per heavy atom. The number of hydrogen-bond acceptors (Lipinski definition) is 8. The topological polar surface area (TPSA) is 88.6 Å². The monoisotopic (exact) mass is 411 g/mol. The van der Waals surface area contributed by atoms with Crippen molar-refractivity contribution < 1.29 is 17.9 Å². The Morgan fingerprint density at radius 2 is 1.81 bits per heavy atom. The van der Waals surface area contributed by atoms with Crippen LogP contribution in [0.1, 0.15) is 20.8 Å². The molecule has 1 aliphatic rings.